The van der Waals surface area contributed by atoms with E-state index in [1.165, 1.54) is 60.8 Å². The fraction of sp³-hybridized carbons (Fsp3) is 0.415. The molecule has 0 aromatic heterocycles. The Morgan fingerprint density at radius 2 is 0.918 bits per heavy atom. The maximum absolute atomic E-state index is 6.22. The van der Waals surface area contributed by atoms with E-state index < -0.39 is 5.41 Å². The second kappa shape index (κ2) is 16.0. The van der Waals surface area contributed by atoms with Crippen LogP contribution in [-0.4, -0.2) is 53.9 Å². The third-order valence-electron chi connectivity index (χ3n) is 10.1. The minimum atomic E-state index is -0.632. The fourth-order valence-corrected chi connectivity index (χ4v) is 7.58. The van der Waals surface area contributed by atoms with Crippen LogP contribution >= 0.6 is 0 Å². The van der Waals surface area contributed by atoms with Crippen molar-refractivity contribution in [1.29, 1.82) is 0 Å². The molecule has 0 amide bonds. The van der Waals surface area contributed by atoms with Gasteiger partial charge in [0, 0.05) is 0 Å². The van der Waals surface area contributed by atoms with Gasteiger partial charge in [-0.2, -0.15) is 0 Å². The normalized spacial score (nSPS) is 16.2. The molecule has 0 spiro atoms. The first-order chi connectivity index (χ1) is 24.2. The summed E-state index contributed by atoms with van der Waals surface area (Å²) in [5, 5.41) is 0. The Balaban J connectivity index is 1.34. The maximum atomic E-state index is 6.22. The molecule has 49 heavy (non-hydrogen) atoms. The van der Waals surface area contributed by atoms with Crippen LogP contribution in [0.3, 0.4) is 0 Å². The summed E-state index contributed by atoms with van der Waals surface area (Å²) >= 11 is 0. The first kappa shape index (κ1) is 33.9. The summed E-state index contributed by atoms with van der Waals surface area (Å²) < 4.78 is 36.5. The predicted molar refractivity (Wildman–Crippen MR) is 198 cm³/mol. The van der Waals surface area contributed by atoms with Gasteiger partial charge in [0.25, 0.3) is 0 Å². The molecule has 2 heterocycles. The first-order valence-corrected chi connectivity index (χ1v) is 18.4. The predicted octanol–water partition coefficient (Wildman–Crippen LogP) is 7.45. The zero-order valence-corrected chi connectivity index (χ0v) is 29.1. The van der Waals surface area contributed by atoms with Crippen LogP contribution in [0.5, 0.6) is 11.5 Å². The van der Waals surface area contributed by atoms with Gasteiger partial charge in [0.15, 0.2) is 0 Å². The van der Waals surface area contributed by atoms with E-state index in [1.807, 2.05) is 0 Å². The largest absolute Gasteiger partial charge is 0.494 e. The lowest BCUT2D eigenvalue weighted by molar-refractivity contribution is 0.305. The van der Waals surface area contributed by atoms with Crippen LogP contribution in [0.15, 0.2) is 84.9 Å². The molecule has 2 aliphatic heterocycles. The second-order valence-corrected chi connectivity index (χ2v) is 13.4. The molecule has 0 atom stereocenters. The molecule has 7 rings (SSSR count). The second-order valence-electron chi connectivity index (χ2n) is 13.4. The molecular formula is C41H48B2O6. The van der Waals surface area contributed by atoms with E-state index in [9.17, 15) is 0 Å². The van der Waals surface area contributed by atoms with Crippen LogP contribution in [0.2, 0.25) is 0 Å². The molecule has 1 aliphatic carbocycles. The molecule has 2 fully saturated rings. The van der Waals surface area contributed by atoms with Gasteiger partial charge in [-0.1, -0.05) is 113 Å². The van der Waals surface area contributed by atoms with Crippen LogP contribution in [0.25, 0.3) is 11.1 Å². The van der Waals surface area contributed by atoms with Crippen LogP contribution in [0.4, 0.5) is 0 Å². The lowest BCUT2D eigenvalue weighted by Gasteiger charge is -2.34. The van der Waals surface area contributed by atoms with Crippen molar-refractivity contribution in [1.82, 2.24) is 0 Å². The van der Waals surface area contributed by atoms with Crippen molar-refractivity contribution in [3.05, 3.63) is 107 Å². The highest BCUT2D eigenvalue weighted by molar-refractivity contribution is 6.62. The van der Waals surface area contributed by atoms with Gasteiger partial charge in [-0.15, -0.1) is 0 Å². The number of unbranched alkanes of at least 4 members (excludes halogenated alkanes) is 6. The van der Waals surface area contributed by atoms with Crippen molar-refractivity contribution in [3.8, 4) is 22.6 Å². The van der Waals surface area contributed by atoms with E-state index >= 15 is 0 Å². The molecule has 4 aromatic rings. The Morgan fingerprint density at radius 1 is 0.510 bits per heavy atom. The molecule has 3 aliphatic rings. The minimum absolute atomic E-state index is 0.380. The molecule has 4 aromatic carbocycles. The lowest BCUT2D eigenvalue weighted by atomic mass is 9.65. The highest BCUT2D eigenvalue weighted by Crippen LogP contribution is 2.56. The van der Waals surface area contributed by atoms with E-state index in [0.29, 0.717) is 26.4 Å². The Bertz CT molecular complexity index is 1540. The highest BCUT2D eigenvalue weighted by Gasteiger charge is 2.47. The van der Waals surface area contributed by atoms with Gasteiger partial charge < -0.3 is 28.1 Å². The Morgan fingerprint density at radius 3 is 1.31 bits per heavy atom. The van der Waals surface area contributed by atoms with Crippen molar-refractivity contribution in [2.24, 2.45) is 0 Å². The molecule has 2 saturated heterocycles. The zero-order valence-electron chi connectivity index (χ0n) is 29.1. The standard InChI is InChI=1S/C41H48B2O6/c1-3-5-7-9-23-44-35-17-11-31(12-18-35)41(32-13-19-36(20-14-32)45-24-10-8-6-4-2)39-29-33(42-46-25-26-47-42)15-21-37(39)38-22-16-34(30-40(38)41)43-48-27-28-49-43/h11-22,29-30H,3-10,23-28H2,1-2H3. The molecule has 254 valence electrons. The number of ether oxygens (including phenoxy) is 2. The molecule has 6 nitrogen and oxygen atoms in total. The number of rotatable bonds is 16. The van der Waals surface area contributed by atoms with E-state index in [4.69, 9.17) is 28.1 Å². The molecular weight excluding hydrogens is 610 g/mol. The van der Waals surface area contributed by atoms with Crippen LogP contribution in [-0.2, 0) is 24.0 Å². The molecule has 0 saturated carbocycles. The van der Waals surface area contributed by atoms with Crippen molar-refractivity contribution in [2.75, 3.05) is 39.6 Å². The highest BCUT2D eigenvalue weighted by atomic mass is 16.6. The van der Waals surface area contributed by atoms with Crippen molar-refractivity contribution >= 4 is 25.2 Å². The van der Waals surface area contributed by atoms with Gasteiger partial charge in [-0.25, -0.2) is 0 Å². The fourth-order valence-electron chi connectivity index (χ4n) is 7.58. The van der Waals surface area contributed by atoms with Crippen LogP contribution in [0.1, 0.15) is 87.5 Å². The Hall–Kier alpha value is -3.55. The van der Waals surface area contributed by atoms with Gasteiger partial charge in [-0.05, 0) is 81.4 Å². The minimum Gasteiger partial charge on any atom is -0.494 e. The van der Waals surface area contributed by atoms with Gasteiger partial charge in [-0.3, -0.25) is 0 Å². The third-order valence-corrected chi connectivity index (χ3v) is 10.1. The van der Waals surface area contributed by atoms with E-state index in [1.54, 1.807) is 0 Å². The molecule has 0 unspecified atom stereocenters. The van der Waals surface area contributed by atoms with Gasteiger partial charge >= 0.3 is 14.2 Å². The van der Waals surface area contributed by atoms with Crippen LogP contribution in [0, 0.1) is 0 Å². The summed E-state index contributed by atoms with van der Waals surface area (Å²) in [5.74, 6) is 1.78. The third kappa shape index (κ3) is 7.07. The van der Waals surface area contributed by atoms with Gasteiger partial charge in [0.1, 0.15) is 11.5 Å². The first-order valence-electron chi connectivity index (χ1n) is 18.4. The lowest BCUT2D eigenvalue weighted by Crippen LogP contribution is -2.36. The van der Waals surface area contributed by atoms with Gasteiger partial charge in [0.2, 0.25) is 0 Å². The SMILES string of the molecule is CCCCCCOc1ccc(C2(c3ccc(OCCCCCC)cc3)c3cc(B4OCCO4)ccc3-c3ccc(B4OCCO4)cc32)cc1. The monoisotopic (exact) mass is 658 g/mol. The van der Waals surface area contributed by atoms with E-state index in [0.717, 1.165) is 59.6 Å². The molecule has 0 radical (unpaired) electrons. The van der Waals surface area contributed by atoms with E-state index in [2.05, 4.69) is 98.8 Å². The average Bonchev–Trinajstić information content (AvgIpc) is 3.93. The van der Waals surface area contributed by atoms with E-state index in [-0.39, 0.29) is 14.2 Å². The summed E-state index contributed by atoms with van der Waals surface area (Å²) in [7, 11) is -0.760. The smallest absolute Gasteiger partial charge is 0.494 e. The van der Waals surface area contributed by atoms with Gasteiger partial charge in [0.05, 0.1) is 45.1 Å². The van der Waals surface area contributed by atoms with Crippen LogP contribution < -0.4 is 20.4 Å². The number of hydrogen-bond acceptors (Lipinski definition) is 6. The summed E-state index contributed by atoms with van der Waals surface area (Å²) in [6.07, 6.45) is 9.42. The Kier molecular flexibility index (Phi) is 11.1. The summed E-state index contributed by atoms with van der Waals surface area (Å²) in [5.41, 5.74) is 8.54. The summed E-state index contributed by atoms with van der Waals surface area (Å²) in [6.45, 7) is 8.30. The molecule has 0 bridgehead atoms. The Labute approximate surface area is 292 Å². The topological polar surface area (TPSA) is 55.4 Å². The summed E-state index contributed by atoms with van der Waals surface area (Å²) in [4.78, 5) is 0. The van der Waals surface area contributed by atoms with Crippen molar-refractivity contribution in [3.63, 3.8) is 0 Å². The quantitative estimate of drug-likeness (QED) is 0.0812. The summed E-state index contributed by atoms with van der Waals surface area (Å²) in [6, 6.07) is 30.8. The number of benzene rings is 4. The maximum Gasteiger partial charge on any atom is 0.494 e. The number of fused-ring (bicyclic) bond motifs is 3. The van der Waals surface area contributed by atoms with Crippen molar-refractivity contribution < 1.29 is 28.1 Å². The number of hydrogen-bond donors (Lipinski definition) is 0. The zero-order chi connectivity index (χ0) is 33.5. The van der Waals surface area contributed by atoms with Crippen molar-refractivity contribution in [2.45, 2.75) is 70.6 Å². The molecule has 0 N–H and O–H groups in total. The molecule has 8 heteroatoms. The average molecular weight is 658 g/mol.